The predicted octanol–water partition coefficient (Wildman–Crippen LogP) is 8.71. The van der Waals surface area contributed by atoms with Crippen LogP contribution in [0.5, 0.6) is 28.9 Å². The molecule has 414 valence electrons. The van der Waals surface area contributed by atoms with E-state index in [2.05, 4.69) is 28.5 Å². The highest BCUT2D eigenvalue weighted by Crippen LogP contribution is 2.37. The predicted molar refractivity (Wildman–Crippen MR) is 287 cm³/mol. The number of benzene rings is 3. The first-order valence-corrected chi connectivity index (χ1v) is 25.8. The van der Waals surface area contributed by atoms with Gasteiger partial charge in [0.25, 0.3) is 5.88 Å². The molecule has 0 spiro atoms. The summed E-state index contributed by atoms with van der Waals surface area (Å²) in [6.07, 6.45) is 2.01. The van der Waals surface area contributed by atoms with Gasteiger partial charge in [-0.05, 0) is 76.4 Å². The number of anilines is 1. The summed E-state index contributed by atoms with van der Waals surface area (Å²) in [5.74, 6) is 4.54. The second-order valence-corrected chi connectivity index (χ2v) is 18.9. The third-order valence-electron chi connectivity index (χ3n) is 11.6. The summed E-state index contributed by atoms with van der Waals surface area (Å²) in [6, 6.07) is 19.8. The molecule has 0 aliphatic carbocycles. The van der Waals surface area contributed by atoms with Gasteiger partial charge in [0.1, 0.15) is 45.5 Å². The first-order valence-electron chi connectivity index (χ1n) is 25.8. The topological polar surface area (TPSA) is 178 Å². The van der Waals surface area contributed by atoms with Gasteiger partial charge in [-0.2, -0.15) is 0 Å². The Morgan fingerprint density at radius 2 is 1.16 bits per heavy atom. The van der Waals surface area contributed by atoms with E-state index in [0.29, 0.717) is 146 Å². The molecule has 0 saturated carbocycles. The monoisotopic (exact) mass is 1050 g/mol. The summed E-state index contributed by atoms with van der Waals surface area (Å²) < 4.78 is 70.3. The molecule has 5 aromatic rings. The fourth-order valence-corrected chi connectivity index (χ4v) is 7.87. The molecule has 1 amide bonds. The third-order valence-corrected chi connectivity index (χ3v) is 11.6. The summed E-state index contributed by atoms with van der Waals surface area (Å²) in [5.41, 5.74) is 4.50. The fourth-order valence-electron chi connectivity index (χ4n) is 7.87. The van der Waals surface area contributed by atoms with Crippen LogP contribution in [0, 0.1) is 0 Å². The normalized spacial score (nSPS) is 11.6. The minimum Gasteiger partial charge on any atom is -0.497 e. The number of rotatable bonds is 36. The zero-order chi connectivity index (χ0) is 54.0. The van der Waals surface area contributed by atoms with Crippen LogP contribution in [0.4, 0.5) is 10.6 Å². The first-order chi connectivity index (χ1) is 36.3. The lowest BCUT2D eigenvalue weighted by atomic mass is 10.1. The van der Waals surface area contributed by atoms with Gasteiger partial charge in [-0.25, -0.2) is 9.78 Å². The van der Waals surface area contributed by atoms with Gasteiger partial charge in [-0.3, -0.25) is 0 Å². The Balaban J connectivity index is 1.34. The molecule has 5 rings (SSSR count). The van der Waals surface area contributed by atoms with Gasteiger partial charge >= 0.3 is 6.09 Å². The maximum absolute atomic E-state index is 13.5. The van der Waals surface area contributed by atoms with Crippen LogP contribution in [-0.2, 0) is 65.8 Å². The van der Waals surface area contributed by atoms with E-state index in [0.717, 1.165) is 52.9 Å². The second-order valence-electron chi connectivity index (χ2n) is 18.9. The number of nitrogens with zero attached hydrogens (tertiary/aromatic N) is 6. The molecule has 19 heteroatoms. The molecule has 75 heavy (non-hydrogen) atoms. The van der Waals surface area contributed by atoms with Crippen molar-refractivity contribution in [3.63, 3.8) is 0 Å². The largest absolute Gasteiger partial charge is 0.497 e. The minimum atomic E-state index is -0.672. The molecule has 0 aliphatic rings. The smallest absolute Gasteiger partial charge is 0.410 e. The van der Waals surface area contributed by atoms with Crippen molar-refractivity contribution in [1.29, 1.82) is 0 Å². The SMILES string of the molecule is CCCCc1nc2c(N(Cc3ccc(OC)cc3OC)Cc3ccc(OC)cc3OC)nnc(OC(C)C)c2n1Cc1ccc(CN(CCOCCOCCOCCOCCOCCOC)C(=O)OC(C)(C)C)cc1. The maximum atomic E-state index is 13.5. The highest BCUT2D eigenvalue weighted by atomic mass is 16.6. The van der Waals surface area contributed by atoms with Crippen molar-refractivity contribution in [2.75, 3.05) is 120 Å². The molecule has 0 N–H and O–H groups in total. The molecule has 0 radical (unpaired) electrons. The van der Waals surface area contributed by atoms with Gasteiger partial charge in [0.05, 0.1) is 107 Å². The number of carbonyl (C=O) groups is 1. The molecule has 0 bridgehead atoms. The minimum absolute atomic E-state index is 0.185. The Labute approximate surface area is 443 Å². The number of aromatic nitrogens is 4. The quantitative estimate of drug-likeness (QED) is 0.0348. The van der Waals surface area contributed by atoms with Gasteiger partial charge in [-0.1, -0.05) is 37.6 Å². The molecule has 0 aliphatic heterocycles. The van der Waals surface area contributed by atoms with Crippen LogP contribution in [0.1, 0.15) is 82.5 Å². The lowest BCUT2D eigenvalue weighted by molar-refractivity contribution is -0.0168. The molecular formula is C56H82N6O13. The Morgan fingerprint density at radius 3 is 1.64 bits per heavy atom. The van der Waals surface area contributed by atoms with Crippen molar-refractivity contribution in [3.05, 3.63) is 88.7 Å². The van der Waals surface area contributed by atoms with Crippen molar-refractivity contribution in [2.24, 2.45) is 0 Å². The number of fused-ring (bicyclic) bond motifs is 1. The lowest BCUT2D eigenvalue weighted by Gasteiger charge is -2.27. The summed E-state index contributed by atoms with van der Waals surface area (Å²) in [7, 11) is 8.20. The average Bonchev–Trinajstić information content (AvgIpc) is 3.76. The fraction of sp³-hybridized carbons (Fsp3) is 0.571. The van der Waals surface area contributed by atoms with Crippen molar-refractivity contribution in [1.82, 2.24) is 24.6 Å². The van der Waals surface area contributed by atoms with Crippen LogP contribution in [0.15, 0.2) is 60.7 Å². The molecule has 0 atom stereocenters. The van der Waals surface area contributed by atoms with E-state index < -0.39 is 11.7 Å². The number of ether oxygens (including phenoxy) is 12. The van der Waals surface area contributed by atoms with Crippen LogP contribution in [0.2, 0.25) is 0 Å². The number of carbonyl (C=O) groups excluding carboxylic acids is 1. The second kappa shape index (κ2) is 31.8. The molecule has 0 fully saturated rings. The summed E-state index contributed by atoms with van der Waals surface area (Å²) in [4.78, 5) is 22.7. The molecule has 0 saturated heterocycles. The number of hydrogen-bond donors (Lipinski definition) is 0. The van der Waals surface area contributed by atoms with E-state index in [1.54, 1.807) is 40.4 Å². The van der Waals surface area contributed by atoms with E-state index in [1.807, 2.05) is 83.1 Å². The lowest BCUT2D eigenvalue weighted by Crippen LogP contribution is -2.38. The molecule has 19 nitrogen and oxygen atoms in total. The number of hydrogen-bond acceptors (Lipinski definition) is 17. The van der Waals surface area contributed by atoms with Crippen molar-refractivity contribution < 1.29 is 61.6 Å². The van der Waals surface area contributed by atoms with Gasteiger partial charge in [0, 0.05) is 69.5 Å². The molecular weight excluding hydrogens is 965 g/mol. The maximum Gasteiger partial charge on any atom is 0.410 e. The zero-order valence-corrected chi connectivity index (χ0v) is 46.3. The molecule has 2 heterocycles. The van der Waals surface area contributed by atoms with Crippen molar-refractivity contribution in [3.8, 4) is 28.9 Å². The Hall–Kier alpha value is -5.96. The Morgan fingerprint density at radius 1 is 0.640 bits per heavy atom. The van der Waals surface area contributed by atoms with Crippen molar-refractivity contribution >= 4 is 22.9 Å². The highest BCUT2D eigenvalue weighted by molar-refractivity contribution is 5.90. The van der Waals surface area contributed by atoms with Gasteiger partial charge < -0.3 is 71.2 Å². The number of amides is 1. The molecule has 0 unspecified atom stereocenters. The van der Waals surface area contributed by atoms with E-state index in [4.69, 9.17) is 72.0 Å². The summed E-state index contributed by atoms with van der Waals surface area (Å²) in [5, 5.41) is 9.68. The molecule has 3 aromatic carbocycles. The Bertz CT molecular complexity index is 2390. The first kappa shape index (κ1) is 59.9. The van der Waals surface area contributed by atoms with Crippen LogP contribution in [-0.4, -0.2) is 157 Å². The number of imidazole rings is 1. The Kier molecular flexibility index (Phi) is 25.4. The number of unbranched alkanes of at least 4 members (excludes halogenated alkanes) is 1. The zero-order valence-electron chi connectivity index (χ0n) is 46.3. The third kappa shape index (κ3) is 19.6. The molecule has 2 aromatic heterocycles. The number of methoxy groups -OCH3 is 5. The highest BCUT2D eigenvalue weighted by Gasteiger charge is 2.27. The summed E-state index contributed by atoms with van der Waals surface area (Å²) >= 11 is 0. The van der Waals surface area contributed by atoms with E-state index in [-0.39, 0.29) is 6.10 Å². The van der Waals surface area contributed by atoms with E-state index in [9.17, 15) is 4.79 Å². The van der Waals surface area contributed by atoms with Gasteiger partial charge in [0.2, 0.25) is 0 Å². The van der Waals surface area contributed by atoms with Crippen LogP contribution >= 0.6 is 0 Å². The van der Waals surface area contributed by atoms with Crippen LogP contribution in [0.25, 0.3) is 11.0 Å². The van der Waals surface area contributed by atoms with Gasteiger partial charge in [0.15, 0.2) is 5.82 Å². The van der Waals surface area contributed by atoms with Crippen LogP contribution < -0.4 is 28.6 Å². The van der Waals surface area contributed by atoms with E-state index in [1.165, 1.54) is 0 Å². The van der Waals surface area contributed by atoms with Crippen LogP contribution in [0.3, 0.4) is 0 Å². The summed E-state index contributed by atoms with van der Waals surface area (Å²) in [6.45, 7) is 18.7. The standard InChI is InChI=1S/C56H82N6O13/c1-12-13-14-50-57-51-52(54(74-41(2)3)59-58-53(51)61(39-44-19-21-46(65-8)35-48(44)67-10)40-45-20-22-47(66-9)36-49(45)68-11)62(50)38-43-17-15-42(16-18-43)37-60(55(63)75-56(4,5)6)23-24-69-27-28-71-31-32-73-34-33-72-30-29-70-26-25-64-7/h15-22,35-36,41H,12-14,23-34,37-40H2,1-11H3. The number of aryl methyl sites for hydroxylation is 1. The van der Waals surface area contributed by atoms with Gasteiger partial charge in [-0.15, -0.1) is 10.2 Å². The average molecular weight is 1050 g/mol. The van der Waals surface area contributed by atoms with E-state index >= 15 is 0 Å². The van der Waals surface area contributed by atoms with Crippen molar-refractivity contribution in [2.45, 2.75) is 98.7 Å².